The van der Waals surface area contributed by atoms with Crippen LogP contribution < -0.4 is 0 Å². The molecule has 1 N–H and O–H groups in total. The molecule has 0 aliphatic carbocycles. The smallest absolute Gasteiger partial charge is 0.115 e. The summed E-state index contributed by atoms with van der Waals surface area (Å²) in [6.07, 6.45) is 1.22. The third-order valence-corrected chi connectivity index (χ3v) is 4.01. The van der Waals surface area contributed by atoms with Crippen molar-refractivity contribution in [2.24, 2.45) is 0 Å². The number of hydrogen-bond donors (Lipinski definition) is 1. The van der Waals surface area contributed by atoms with Crippen molar-refractivity contribution >= 4 is 15.9 Å². The highest BCUT2D eigenvalue weighted by molar-refractivity contribution is 9.10. The van der Waals surface area contributed by atoms with Gasteiger partial charge in [-0.2, -0.15) is 0 Å². The molecule has 3 nitrogen and oxygen atoms in total. The molecule has 1 heterocycles. The maximum absolute atomic E-state index is 9.52. The normalized spacial score (nSPS) is 19.2. The van der Waals surface area contributed by atoms with E-state index in [9.17, 15) is 5.11 Å². The van der Waals surface area contributed by atoms with Gasteiger partial charge in [-0.15, -0.1) is 0 Å². The predicted octanol–water partition coefficient (Wildman–Crippen LogP) is 2.29. The molecule has 0 unspecified atom stereocenters. The lowest BCUT2D eigenvalue weighted by Crippen LogP contribution is -2.28. The first kappa shape index (κ1) is 12.9. The summed E-state index contributed by atoms with van der Waals surface area (Å²) in [4.78, 5) is 4.82. The van der Waals surface area contributed by atoms with Gasteiger partial charge in [-0.25, -0.2) is 0 Å². The highest BCUT2D eigenvalue weighted by Gasteiger charge is 2.13. The van der Waals surface area contributed by atoms with Crippen molar-refractivity contribution in [3.63, 3.8) is 0 Å². The Labute approximate surface area is 111 Å². The Balaban J connectivity index is 2.02. The fraction of sp³-hybridized carbons (Fsp3) is 0.538. The zero-order valence-electron chi connectivity index (χ0n) is 10.2. The number of phenolic OH excluding ortho intramolecular Hbond substituents is 1. The average molecular weight is 299 g/mol. The SMILES string of the molecule is CN1CCCN(Cc2cc(O)ccc2Br)CC1. The van der Waals surface area contributed by atoms with Crippen LogP contribution in [0.2, 0.25) is 0 Å². The first-order valence-electron chi connectivity index (χ1n) is 6.03. The monoisotopic (exact) mass is 298 g/mol. The molecule has 0 atom stereocenters. The van der Waals surface area contributed by atoms with Crippen molar-refractivity contribution in [1.29, 1.82) is 0 Å². The largest absolute Gasteiger partial charge is 0.508 e. The standard InChI is InChI=1S/C13H19BrN2O/c1-15-5-2-6-16(8-7-15)10-11-9-12(17)3-4-13(11)14/h3-4,9,17H,2,5-8,10H2,1H3. The van der Waals surface area contributed by atoms with Gasteiger partial charge < -0.3 is 10.0 Å². The highest BCUT2D eigenvalue weighted by Crippen LogP contribution is 2.23. The number of aromatic hydroxyl groups is 1. The van der Waals surface area contributed by atoms with Crippen LogP contribution in [0.25, 0.3) is 0 Å². The Hall–Kier alpha value is -0.580. The number of nitrogens with zero attached hydrogens (tertiary/aromatic N) is 2. The van der Waals surface area contributed by atoms with E-state index in [4.69, 9.17) is 0 Å². The second-order valence-corrected chi connectivity index (χ2v) is 5.56. The molecular weight excluding hydrogens is 280 g/mol. The fourth-order valence-electron chi connectivity index (χ4n) is 2.18. The van der Waals surface area contributed by atoms with E-state index in [1.165, 1.54) is 13.0 Å². The summed E-state index contributed by atoms with van der Waals surface area (Å²) >= 11 is 3.54. The second kappa shape index (κ2) is 5.85. The Bertz CT molecular complexity index is 384. The molecule has 4 heteroatoms. The molecule has 0 radical (unpaired) electrons. The summed E-state index contributed by atoms with van der Waals surface area (Å²) in [6.45, 7) is 5.43. The van der Waals surface area contributed by atoms with Crippen molar-refractivity contribution < 1.29 is 5.11 Å². The van der Waals surface area contributed by atoms with E-state index in [0.717, 1.165) is 36.2 Å². The Kier molecular flexibility index (Phi) is 4.42. The molecule has 0 amide bonds. The molecule has 94 valence electrons. The van der Waals surface area contributed by atoms with E-state index in [0.29, 0.717) is 5.75 Å². The number of hydrogen-bond acceptors (Lipinski definition) is 3. The molecular formula is C13H19BrN2O. The molecule has 0 bridgehead atoms. The maximum Gasteiger partial charge on any atom is 0.115 e. The van der Waals surface area contributed by atoms with Gasteiger partial charge in [-0.3, -0.25) is 4.90 Å². The molecule has 1 saturated heterocycles. The Morgan fingerprint density at radius 3 is 2.88 bits per heavy atom. The van der Waals surface area contributed by atoms with Gasteiger partial charge in [0.25, 0.3) is 0 Å². The third-order valence-electron chi connectivity index (χ3n) is 3.24. The minimum absolute atomic E-state index is 0.343. The molecule has 0 aromatic heterocycles. The van der Waals surface area contributed by atoms with Crippen molar-refractivity contribution in [1.82, 2.24) is 9.80 Å². The molecule has 1 aliphatic heterocycles. The predicted molar refractivity (Wildman–Crippen MR) is 73.2 cm³/mol. The van der Waals surface area contributed by atoms with E-state index in [-0.39, 0.29) is 0 Å². The summed E-state index contributed by atoms with van der Waals surface area (Å²) < 4.78 is 1.08. The van der Waals surface area contributed by atoms with Crippen LogP contribution in [-0.2, 0) is 6.54 Å². The zero-order valence-corrected chi connectivity index (χ0v) is 11.8. The topological polar surface area (TPSA) is 26.7 Å². The molecule has 1 aromatic carbocycles. The molecule has 1 aliphatic rings. The number of rotatable bonds is 2. The van der Waals surface area contributed by atoms with Gasteiger partial charge in [0.05, 0.1) is 0 Å². The van der Waals surface area contributed by atoms with E-state index < -0.39 is 0 Å². The van der Waals surface area contributed by atoms with Crippen LogP contribution in [0.1, 0.15) is 12.0 Å². The van der Waals surface area contributed by atoms with Crippen LogP contribution in [0.5, 0.6) is 5.75 Å². The zero-order chi connectivity index (χ0) is 12.3. The van der Waals surface area contributed by atoms with Gasteiger partial charge in [0, 0.05) is 24.1 Å². The number of phenols is 1. The van der Waals surface area contributed by atoms with Gasteiger partial charge in [-0.1, -0.05) is 15.9 Å². The number of halogens is 1. The number of likely N-dealkylation sites (N-methyl/N-ethyl adjacent to an activating group) is 1. The fourth-order valence-corrected chi connectivity index (χ4v) is 2.55. The maximum atomic E-state index is 9.52. The van der Waals surface area contributed by atoms with Crippen molar-refractivity contribution in [2.75, 3.05) is 33.2 Å². The van der Waals surface area contributed by atoms with Crippen LogP contribution >= 0.6 is 15.9 Å². The van der Waals surface area contributed by atoms with Crippen LogP contribution in [0, 0.1) is 0 Å². The van der Waals surface area contributed by atoms with Gasteiger partial charge in [-0.05, 0) is 50.3 Å². The Morgan fingerprint density at radius 1 is 1.24 bits per heavy atom. The third kappa shape index (κ3) is 3.69. The summed E-state index contributed by atoms with van der Waals surface area (Å²) in [5.41, 5.74) is 1.16. The lowest BCUT2D eigenvalue weighted by atomic mass is 10.2. The van der Waals surface area contributed by atoms with Crippen molar-refractivity contribution in [3.8, 4) is 5.75 Å². The van der Waals surface area contributed by atoms with E-state index in [2.05, 4.69) is 32.8 Å². The minimum Gasteiger partial charge on any atom is -0.508 e. The summed E-state index contributed by atoms with van der Waals surface area (Å²) in [5, 5.41) is 9.52. The molecule has 1 aromatic rings. The van der Waals surface area contributed by atoms with Gasteiger partial charge in [0.1, 0.15) is 5.75 Å². The summed E-state index contributed by atoms with van der Waals surface area (Å²) in [7, 11) is 2.17. The van der Waals surface area contributed by atoms with E-state index in [1.54, 1.807) is 6.07 Å². The van der Waals surface area contributed by atoms with Gasteiger partial charge >= 0.3 is 0 Å². The van der Waals surface area contributed by atoms with Crippen molar-refractivity contribution in [2.45, 2.75) is 13.0 Å². The first-order valence-corrected chi connectivity index (χ1v) is 6.83. The lowest BCUT2D eigenvalue weighted by molar-refractivity contribution is 0.268. The van der Waals surface area contributed by atoms with Gasteiger partial charge in [0.2, 0.25) is 0 Å². The van der Waals surface area contributed by atoms with E-state index in [1.807, 2.05) is 12.1 Å². The molecule has 1 fully saturated rings. The second-order valence-electron chi connectivity index (χ2n) is 4.71. The number of benzene rings is 1. The summed E-state index contributed by atoms with van der Waals surface area (Å²) in [6, 6.07) is 5.47. The lowest BCUT2D eigenvalue weighted by Gasteiger charge is -2.20. The van der Waals surface area contributed by atoms with Crippen LogP contribution in [0.15, 0.2) is 22.7 Å². The molecule has 2 rings (SSSR count). The molecule has 0 saturated carbocycles. The molecule has 0 spiro atoms. The molecule has 17 heavy (non-hydrogen) atoms. The summed E-state index contributed by atoms with van der Waals surface area (Å²) in [5.74, 6) is 0.343. The van der Waals surface area contributed by atoms with Crippen molar-refractivity contribution in [3.05, 3.63) is 28.2 Å². The highest BCUT2D eigenvalue weighted by atomic mass is 79.9. The first-order chi connectivity index (χ1) is 8.15. The Morgan fingerprint density at radius 2 is 2.06 bits per heavy atom. The quantitative estimate of drug-likeness (QED) is 0.907. The van der Waals surface area contributed by atoms with Crippen LogP contribution in [0.4, 0.5) is 0 Å². The average Bonchev–Trinajstić information content (AvgIpc) is 2.49. The van der Waals surface area contributed by atoms with Crippen LogP contribution in [0.3, 0.4) is 0 Å². The van der Waals surface area contributed by atoms with E-state index >= 15 is 0 Å². The van der Waals surface area contributed by atoms with Gasteiger partial charge in [0.15, 0.2) is 0 Å². The van der Waals surface area contributed by atoms with Crippen LogP contribution in [-0.4, -0.2) is 48.1 Å². The minimum atomic E-state index is 0.343.